The molecule has 0 amide bonds. The predicted octanol–water partition coefficient (Wildman–Crippen LogP) is 1.75. The van der Waals surface area contributed by atoms with E-state index in [1.54, 1.807) is 0 Å². The van der Waals surface area contributed by atoms with Crippen LogP contribution in [-0.4, -0.2) is 53.5 Å². The van der Waals surface area contributed by atoms with Crippen LogP contribution < -0.4 is 15.6 Å². The lowest BCUT2D eigenvalue weighted by atomic mass is 9.93. The van der Waals surface area contributed by atoms with Gasteiger partial charge in [0.15, 0.2) is 0 Å². The lowest BCUT2D eigenvalue weighted by Gasteiger charge is -2.31. The van der Waals surface area contributed by atoms with Crippen LogP contribution >= 0.6 is 0 Å². The first kappa shape index (κ1) is 19.8. The number of benzene rings is 1. The Morgan fingerprint density at radius 2 is 2.17 bits per heavy atom. The molecule has 2 aliphatic rings. The highest BCUT2D eigenvalue weighted by Gasteiger charge is 2.31. The summed E-state index contributed by atoms with van der Waals surface area (Å²) < 4.78 is 17.1. The number of pyridine rings is 1. The molecule has 3 heterocycles. The standard InChI is InChI=1S/C21H26FN3O4/c1-12-2-3-14-18-15(20(27)16(21(28)29)11-25(12)18)8-17(22)19(14)24-6-4-13(10-24)9-23-5-7-26/h8,11-13,23,26H,2-7,9-10H2,1H3,(H,28,29). The first-order valence-corrected chi connectivity index (χ1v) is 10.1. The summed E-state index contributed by atoms with van der Waals surface area (Å²) in [5.74, 6) is -1.39. The fourth-order valence-corrected chi connectivity index (χ4v) is 4.72. The number of carboxylic acid groups (broad SMARTS) is 1. The molecule has 2 unspecified atom stereocenters. The molecule has 3 N–H and O–H groups in total. The van der Waals surface area contributed by atoms with Crippen LogP contribution in [0, 0.1) is 11.7 Å². The topological polar surface area (TPSA) is 94.8 Å². The second kappa shape index (κ2) is 7.76. The van der Waals surface area contributed by atoms with Crippen molar-refractivity contribution < 1.29 is 19.4 Å². The summed E-state index contributed by atoms with van der Waals surface area (Å²) in [6.07, 6.45) is 3.75. The lowest BCUT2D eigenvalue weighted by molar-refractivity contribution is 0.0694. The SMILES string of the molecule is CC1CCc2c(N3CCC(CNCCO)C3)c(F)cc3c(=O)c(C(=O)O)cn1c23. The van der Waals surface area contributed by atoms with Crippen molar-refractivity contribution in [3.05, 3.63) is 39.4 Å². The van der Waals surface area contributed by atoms with Crippen molar-refractivity contribution in [1.29, 1.82) is 0 Å². The van der Waals surface area contributed by atoms with Gasteiger partial charge in [-0.1, -0.05) is 0 Å². The highest BCUT2D eigenvalue weighted by atomic mass is 19.1. The quantitative estimate of drug-likeness (QED) is 0.637. The van der Waals surface area contributed by atoms with Crippen molar-refractivity contribution in [3.8, 4) is 0 Å². The number of aromatic carboxylic acids is 1. The number of anilines is 1. The van der Waals surface area contributed by atoms with Gasteiger partial charge >= 0.3 is 5.97 Å². The van der Waals surface area contributed by atoms with E-state index in [-0.39, 0.29) is 23.6 Å². The van der Waals surface area contributed by atoms with Gasteiger partial charge in [-0.25, -0.2) is 9.18 Å². The summed E-state index contributed by atoms with van der Waals surface area (Å²) in [7, 11) is 0. The number of halogens is 1. The zero-order valence-electron chi connectivity index (χ0n) is 16.4. The second-order valence-electron chi connectivity index (χ2n) is 8.08. The molecule has 0 spiro atoms. The molecule has 4 rings (SSSR count). The maximum absolute atomic E-state index is 15.2. The molecule has 2 atom stereocenters. The van der Waals surface area contributed by atoms with Gasteiger partial charge in [0.05, 0.1) is 17.8 Å². The number of nitrogens with zero attached hydrogens (tertiary/aromatic N) is 2. The molecule has 0 bridgehead atoms. The second-order valence-corrected chi connectivity index (χ2v) is 8.08. The Hall–Kier alpha value is -2.45. The third kappa shape index (κ3) is 3.40. The van der Waals surface area contributed by atoms with Crippen molar-refractivity contribution in [2.45, 2.75) is 32.2 Å². The van der Waals surface area contributed by atoms with E-state index in [0.717, 1.165) is 31.5 Å². The molecule has 8 heteroatoms. The lowest BCUT2D eigenvalue weighted by Crippen LogP contribution is -2.30. The van der Waals surface area contributed by atoms with E-state index < -0.39 is 17.2 Å². The molecule has 1 fully saturated rings. The zero-order chi connectivity index (χ0) is 20.7. The van der Waals surface area contributed by atoms with E-state index in [9.17, 15) is 14.7 Å². The molecule has 0 radical (unpaired) electrons. The Balaban J connectivity index is 1.80. The van der Waals surface area contributed by atoms with Crippen LogP contribution in [0.4, 0.5) is 10.1 Å². The van der Waals surface area contributed by atoms with E-state index in [0.29, 0.717) is 36.6 Å². The van der Waals surface area contributed by atoms with E-state index in [1.165, 1.54) is 12.3 Å². The molecule has 1 aromatic carbocycles. The number of aliphatic hydroxyl groups is 1. The Bertz CT molecular complexity index is 1020. The average molecular weight is 403 g/mol. The number of carboxylic acids is 1. The number of aliphatic hydroxyl groups excluding tert-OH is 1. The monoisotopic (exact) mass is 403 g/mol. The number of aromatic nitrogens is 1. The van der Waals surface area contributed by atoms with Crippen molar-refractivity contribution >= 4 is 22.6 Å². The minimum Gasteiger partial charge on any atom is -0.477 e. The van der Waals surface area contributed by atoms with Crippen molar-refractivity contribution in [2.75, 3.05) is 37.7 Å². The Morgan fingerprint density at radius 3 is 2.90 bits per heavy atom. The molecule has 1 saturated heterocycles. The van der Waals surface area contributed by atoms with E-state index >= 15 is 4.39 Å². The van der Waals surface area contributed by atoms with Gasteiger partial charge in [-0.3, -0.25) is 4.79 Å². The third-order valence-corrected chi connectivity index (χ3v) is 6.18. The van der Waals surface area contributed by atoms with Gasteiger partial charge in [-0.05, 0) is 44.7 Å². The molecule has 7 nitrogen and oxygen atoms in total. The number of rotatable bonds is 6. The first-order chi connectivity index (χ1) is 13.9. The normalized spacial score (nSPS) is 21.1. The summed E-state index contributed by atoms with van der Waals surface area (Å²) in [5, 5.41) is 21.7. The fraction of sp³-hybridized carbons (Fsp3) is 0.524. The van der Waals surface area contributed by atoms with Crippen molar-refractivity contribution in [1.82, 2.24) is 9.88 Å². The minimum atomic E-state index is -1.29. The maximum atomic E-state index is 15.2. The number of hydrogen-bond acceptors (Lipinski definition) is 5. The number of nitrogens with one attached hydrogen (secondary N) is 1. The summed E-state index contributed by atoms with van der Waals surface area (Å²) in [6.45, 7) is 4.83. The predicted molar refractivity (Wildman–Crippen MR) is 108 cm³/mol. The molecule has 156 valence electrons. The average Bonchev–Trinajstić information content (AvgIpc) is 3.14. The summed E-state index contributed by atoms with van der Waals surface area (Å²) in [6, 6.07) is 1.26. The third-order valence-electron chi connectivity index (χ3n) is 6.18. The molecular weight excluding hydrogens is 377 g/mol. The van der Waals surface area contributed by atoms with Crippen LogP contribution in [0.25, 0.3) is 10.9 Å². The Labute approximate surface area is 167 Å². The minimum absolute atomic E-state index is 0.0380. The van der Waals surface area contributed by atoms with Crippen molar-refractivity contribution in [3.63, 3.8) is 0 Å². The van der Waals surface area contributed by atoms with Crippen LogP contribution in [0.3, 0.4) is 0 Å². The molecule has 0 aliphatic carbocycles. The molecule has 1 aromatic heterocycles. The Morgan fingerprint density at radius 1 is 1.38 bits per heavy atom. The van der Waals surface area contributed by atoms with Crippen LogP contribution in [-0.2, 0) is 6.42 Å². The van der Waals surface area contributed by atoms with Crippen molar-refractivity contribution in [2.24, 2.45) is 5.92 Å². The summed E-state index contributed by atoms with van der Waals surface area (Å²) >= 11 is 0. The van der Waals surface area contributed by atoms with Gasteiger partial charge in [0.25, 0.3) is 0 Å². The Kier molecular flexibility index (Phi) is 5.31. The first-order valence-electron chi connectivity index (χ1n) is 10.1. The largest absolute Gasteiger partial charge is 0.477 e. The number of carbonyl (C=O) groups is 1. The number of hydrogen-bond donors (Lipinski definition) is 3. The molecule has 2 aliphatic heterocycles. The molecule has 0 saturated carbocycles. The van der Waals surface area contributed by atoms with Gasteiger partial charge < -0.3 is 25.0 Å². The zero-order valence-corrected chi connectivity index (χ0v) is 16.4. The van der Waals surface area contributed by atoms with Gasteiger partial charge in [0.1, 0.15) is 11.4 Å². The molecular formula is C21H26FN3O4. The molecule has 29 heavy (non-hydrogen) atoms. The highest BCUT2D eigenvalue weighted by Crippen LogP contribution is 2.39. The highest BCUT2D eigenvalue weighted by molar-refractivity contribution is 5.95. The van der Waals surface area contributed by atoms with Crippen LogP contribution in [0.15, 0.2) is 17.1 Å². The van der Waals surface area contributed by atoms with Gasteiger partial charge in [-0.15, -0.1) is 0 Å². The number of aryl methyl sites for hydroxylation is 1. The van der Waals surface area contributed by atoms with Gasteiger partial charge in [0.2, 0.25) is 5.43 Å². The van der Waals surface area contributed by atoms with Gasteiger partial charge in [0, 0.05) is 42.8 Å². The summed E-state index contributed by atoms with van der Waals surface area (Å²) in [5.41, 5.74) is 1.07. The van der Waals surface area contributed by atoms with E-state index in [2.05, 4.69) is 5.32 Å². The summed E-state index contributed by atoms with van der Waals surface area (Å²) in [4.78, 5) is 26.3. The van der Waals surface area contributed by atoms with Gasteiger partial charge in [-0.2, -0.15) is 0 Å². The smallest absolute Gasteiger partial charge is 0.341 e. The van der Waals surface area contributed by atoms with Crippen LogP contribution in [0.5, 0.6) is 0 Å². The maximum Gasteiger partial charge on any atom is 0.341 e. The van der Waals surface area contributed by atoms with E-state index in [4.69, 9.17) is 5.11 Å². The van der Waals surface area contributed by atoms with Crippen LogP contribution in [0.2, 0.25) is 0 Å². The molecule has 2 aromatic rings. The van der Waals surface area contributed by atoms with E-state index in [1.807, 2.05) is 16.4 Å². The van der Waals surface area contributed by atoms with Crippen LogP contribution in [0.1, 0.15) is 41.7 Å². The fourth-order valence-electron chi connectivity index (χ4n) is 4.72.